The van der Waals surface area contributed by atoms with Crippen molar-refractivity contribution >= 4 is 12.0 Å². The van der Waals surface area contributed by atoms with E-state index in [0.717, 1.165) is 24.8 Å². The van der Waals surface area contributed by atoms with Crippen LogP contribution in [-0.4, -0.2) is 24.7 Å². The normalized spacial score (nSPS) is 16.8. The van der Waals surface area contributed by atoms with E-state index in [1.165, 1.54) is 0 Å². The SMILES string of the molecule is CCCCCOc1ccccc1C1NC(=O)NC(C(C)C)=C1C(=O)OC(C)C. The van der Waals surface area contributed by atoms with Crippen molar-refractivity contribution in [1.29, 1.82) is 0 Å². The van der Waals surface area contributed by atoms with Crippen LogP contribution in [0.4, 0.5) is 4.79 Å². The molecule has 0 aromatic heterocycles. The molecule has 6 nitrogen and oxygen atoms in total. The predicted octanol–water partition coefficient (Wildman–Crippen LogP) is 4.47. The molecule has 0 fully saturated rings. The molecule has 1 heterocycles. The Balaban J connectivity index is 2.44. The molecule has 0 saturated carbocycles. The molecule has 0 radical (unpaired) electrons. The zero-order valence-corrected chi connectivity index (χ0v) is 17.5. The maximum absolute atomic E-state index is 12.9. The van der Waals surface area contributed by atoms with E-state index in [0.29, 0.717) is 23.6 Å². The van der Waals surface area contributed by atoms with E-state index in [4.69, 9.17) is 9.47 Å². The van der Waals surface area contributed by atoms with Crippen LogP contribution in [-0.2, 0) is 9.53 Å². The van der Waals surface area contributed by atoms with Gasteiger partial charge in [0, 0.05) is 11.3 Å². The minimum Gasteiger partial charge on any atom is -0.493 e. The fourth-order valence-electron chi connectivity index (χ4n) is 3.16. The fourth-order valence-corrected chi connectivity index (χ4v) is 3.16. The first-order valence-corrected chi connectivity index (χ1v) is 10.1. The van der Waals surface area contributed by atoms with E-state index in [-0.39, 0.29) is 18.1 Å². The molecule has 0 bridgehead atoms. The summed E-state index contributed by atoms with van der Waals surface area (Å²) in [6.07, 6.45) is 2.90. The number of urea groups is 1. The zero-order chi connectivity index (χ0) is 20.7. The van der Waals surface area contributed by atoms with Crippen LogP contribution in [0.5, 0.6) is 5.75 Å². The Morgan fingerprint density at radius 1 is 1.14 bits per heavy atom. The van der Waals surface area contributed by atoms with Crippen molar-refractivity contribution in [1.82, 2.24) is 10.6 Å². The number of hydrogen-bond acceptors (Lipinski definition) is 4. The first-order valence-electron chi connectivity index (χ1n) is 10.1. The van der Waals surface area contributed by atoms with Crippen LogP contribution in [0.3, 0.4) is 0 Å². The second-order valence-corrected chi connectivity index (χ2v) is 7.56. The highest BCUT2D eigenvalue weighted by Gasteiger charge is 2.36. The predicted molar refractivity (Wildman–Crippen MR) is 109 cm³/mol. The Hall–Kier alpha value is -2.50. The van der Waals surface area contributed by atoms with E-state index in [1.807, 2.05) is 52.0 Å². The fraction of sp³-hybridized carbons (Fsp3) is 0.545. The number of hydrogen-bond donors (Lipinski definition) is 2. The summed E-state index contributed by atoms with van der Waals surface area (Å²) in [5, 5.41) is 5.66. The van der Waals surface area contributed by atoms with Gasteiger partial charge in [-0.05, 0) is 32.3 Å². The summed E-state index contributed by atoms with van der Waals surface area (Å²) in [5.41, 5.74) is 1.76. The molecule has 1 aromatic rings. The molecule has 0 saturated heterocycles. The molecule has 1 atom stereocenters. The zero-order valence-electron chi connectivity index (χ0n) is 17.5. The second-order valence-electron chi connectivity index (χ2n) is 7.56. The number of nitrogens with one attached hydrogen (secondary N) is 2. The lowest BCUT2D eigenvalue weighted by molar-refractivity contribution is -0.143. The van der Waals surface area contributed by atoms with E-state index in [1.54, 1.807) is 0 Å². The molecule has 1 aliphatic rings. The average Bonchev–Trinajstić information content (AvgIpc) is 2.64. The smallest absolute Gasteiger partial charge is 0.338 e. The number of amides is 2. The van der Waals surface area contributed by atoms with Gasteiger partial charge in [-0.2, -0.15) is 0 Å². The molecule has 28 heavy (non-hydrogen) atoms. The number of para-hydroxylation sites is 1. The Morgan fingerprint density at radius 2 is 1.86 bits per heavy atom. The number of benzene rings is 1. The van der Waals surface area contributed by atoms with Gasteiger partial charge in [0.25, 0.3) is 0 Å². The summed E-state index contributed by atoms with van der Waals surface area (Å²) in [4.78, 5) is 25.2. The molecular formula is C22H32N2O4. The quantitative estimate of drug-likeness (QED) is 0.483. The Labute approximate surface area is 167 Å². The van der Waals surface area contributed by atoms with E-state index in [2.05, 4.69) is 17.6 Å². The Kier molecular flexibility index (Phi) is 7.91. The first kappa shape index (κ1) is 21.8. The maximum atomic E-state index is 12.9. The van der Waals surface area contributed by atoms with Crippen LogP contribution < -0.4 is 15.4 Å². The molecule has 1 unspecified atom stereocenters. The van der Waals surface area contributed by atoms with Crippen molar-refractivity contribution < 1.29 is 19.1 Å². The van der Waals surface area contributed by atoms with Gasteiger partial charge in [-0.3, -0.25) is 0 Å². The molecule has 1 aromatic carbocycles. The van der Waals surface area contributed by atoms with Gasteiger partial charge < -0.3 is 20.1 Å². The highest BCUT2D eigenvalue weighted by molar-refractivity contribution is 5.95. The largest absolute Gasteiger partial charge is 0.493 e. The molecule has 1 aliphatic heterocycles. The highest BCUT2D eigenvalue weighted by atomic mass is 16.5. The summed E-state index contributed by atoms with van der Waals surface area (Å²) in [5.74, 6) is 0.196. The van der Waals surface area contributed by atoms with Gasteiger partial charge in [-0.15, -0.1) is 0 Å². The van der Waals surface area contributed by atoms with Crippen LogP contribution in [0.15, 0.2) is 35.5 Å². The summed E-state index contributed by atoms with van der Waals surface area (Å²) in [6.45, 7) is 10.2. The molecule has 2 amide bonds. The topological polar surface area (TPSA) is 76.7 Å². The maximum Gasteiger partial charge on any atom is 0.338 e. The summed E-state index contributed by atoms with van der Waals surface area (Å²) >= 11 is 0. The van der Waals surface area contributed by atoms with Crippen LogP contribution in [0.1, 0.15) is 65.5 Å². The number of allylic oxidation sites excluding steroid dienone is 1. The van der Waals surface area contributed by atoms with Crippen LogP contribution in [0.25, 0.3) is 0 Å². The average molecular weight is 389 g/mol. The van der Waals surface area contributed by atoms with Crippen LogP contribution >= 0.6 is 0 Å². The molecule has 2 N–H and O–H groups in total. The lowest BCUT2D eigenvalue weighted by Gasteiger charge is -2.32. The van der Waals surface area contributed by atoms with Gasteiger partial charge >= 0.3 is 12.0 Å². The van der Waals surface area contributed by atoms with Crippen molar-refractivity contribution in [2.45, 2.75) is 66.0 Å². The standard InChI is InChI=1S/C22H32N2O4/c1-6-7-10-13-27-17-12-9-8-11-16(17)20-18(21(25)28-15(4)5)19(14(2)3)23-22(26)24-20/h8-9,11-12,14-15,20H,6-7,10,13H2,1-5H3,(H2,23,24,26). The molecule has 6 heteroatoms. The van der Waals surface area contributed by atoms with Crippen molar-refractivity contribution in [2.24, 2.45) is 5.92 Å². The van der Waals surface area contributed by atoms with Crippen LogP contribution in [0.2, 0.25) is 0 Å². The third-order valence-electron chi connectivity index (χ3n) is 4.48. The van der Waals surface area contributed by atoms with Gasteiger partial charge in [0.1, 0.15) is 5.75 Å². The molecule has 0 spiro atoms. The van der Waals surface area contributed by atoms with Gasteiger partial charge in [-0.25, -0.2) is 9.59 Å². The van der Waals surface area contributed by atoms with E-state index >= 15 is 0 Å². The third kappa shape index (κ3) is 5.50. The van der Waals surface area contributed by atoms with Crippen molar-refractivity contribution in [2.75, 3.05) is 6.61 Å². The number of carbonyl (C=O) groups excluding carboxylic acids is 2. The van der Waals surface area contributed by atoms with Gasteiger partial charge in [0.15, 0.2) is 0 Å². The molecule has 2 rings (SSSR count). The third-order valence-corrected chi connectivity index (χ3v) is 4.48. The number of unbranched alkanes of at least 4 members (excludes halogenated alkanes) is 2. The summed E-state index contributed by atoms with van der Waals surface area (Å²) in [6, 6.07) is 6.56. The first-order chi connectivity index (χ1) is 13.3. The lowest BCUT2D eigenvalue weighted by Crippen LogP contribution is -2.47. The number of carbonyl (C=O) groups is 2. The van der Waals surface area contributed by atoms with Crippen molar-refractivity contribution in [3.8, 4) is 5.75 Å². The van der Waals surface area contributed by atoms with E-state index < -0.39 is 12.0 Å². The number of esters is 1. The molecule has 0 aliphatic carbocycles. The van der Waals surface area contributed by atoms with Crippen molar-refractivity contribution in [3.05, 3.63) is 41.1 Å². The van der Waals surface area contributed by atoms with Crippen molar-refractivity contribution in [3.63, 3.8) is 0 Å². The van der Waals surface area contributed by atoms with Gasteiger partial charge in [-0.1, -0.05) is 51.8 Å². The minimum atomic E-state index is -0.625. The Morgan fingerprint density at radius 3 is 2.50 bits per heavy atom. The monoisotopic (exact) mass is 388 g/mol. The van der Waals surface area contributed by atoms with E-state index in [9.17, 15) is 9.59 Å². The Bertz CT molecular complexity index is 725. The number of rotatable bonds is 9. The molecular weight excluding hydrogens is 356 g/mol. The van der Waals surface area contributed by atoms with Crippen LogP contribution in [0, 0.1) is 5.92 Å². The van der Waals surface area contributed by atoms with Gasteiger partial charge in [0.05, 0.1) is 24.3 Å². The molecule has 154 valence electrons. The highest BCUT2D eigenvalue weighted by Crippen LogP contribution is 2.35. The number of ether oxygens (including phenoxy) is 2. The summed E-state index contributed by atoms with van der Waals surface area (Å²) in [7, 11) is 0. The minimum absolute atomic E-state index is 0.0408. The van der Waals surface area contributed by atoms with Gasteiger partial charge in [0.2, 0.25) is 0 Å². The lowest BCUT2D eigenvalue weighted by atomic mass is 9.91. The summed E-state index contributed by atoms with van der Waals surface area (Å²) < 4.78 is 11.5. The second kappa shape index (κ2) is 10.2.